The van der Waals surface area contributed by atoms with Crippen molar-refractivity contribution in [3.05, 3.63) is 65.5 Å². The molecule has 150 valence electrons. The lowest BCUT2D eigenvalue weighted by Crippen LogP contribution is -2.35. The predicted molar refractivity (Wildman–Crippen MR) is 114 cm³/mol. The molecule has 0 aromatic heterocycles. The molecule has 1 N–H and O–H groups in total. The Kier molecular flexibility index (Phi) is 6.03. The lowest BCUT2D eigenvalue weighted by atomic mass is 9.96. The van der Waals surface area contributed by atoms with E-state index in [1.54, 1.807) is 24.3 Å². The van der Waals surface area contributed by atoms with Gasteiger partial charge in [-0.1, -0.05) is 56.4 Å². The number of ether oxygens (including phenoxy) is 1. The molecule has 1 heterocycles. The summed E-state index contributed by atoms with van der Waals surface area (Å²) in [5.41, 5.74) is 2.05. The molecule has 1 aromatic rings. The number of hydrogen-bond donors (Lipinski definition) is 1. The molecule has 3 aliphatic rings. The quantitative estimate of drug-likeness (QED) is 0.780. The molecule has 0 bridgehead atoms. The van der Waals surface area contributed by atoms with E-state index in [0.29, 0.717) is 11.3 Å². The van der Waals surface area contributed by atoms with Gasteiger partial charge in [0.2, 0.25) is 0 Å². The average Bonchev–Trinajstić information content (AvgIpc) is 2.71. The van der Waals surface area contributed by atoms with Crippen molar-refractivity contribution >= 4 is 23.6 Å². The van der Waals surface area contributed by atoms with E-state index in [-0.39, 0.29) is 29.7 Å². The lowest BCUT2D eigenvalue weighted by molar-refractivity contribution is -0.118. The second-order valence-corrected chi connectivity index (χ2v) is 7.77. The van der Waals surface area contributed by atoms with E-state index in [4.69, 9.17) is 4.74 Å². The molecule has 5 nitrogen and oxygen atoms in total. The molecular formula is C24H26N2O3. The zero-order chi connectivity index (χ0) is 20.1. The first-order valence-electron chi connectivity index (χ1n) is 10.5. The molecule has 2 amide bonds. The summed E-state index contributed by atoms with van der Waals surface area (Å²) in [6, 6.07) is 7.49. The number of hydrogen-bond acceptors (Lipinski definition) is 3. The molecule has 0 spiro atoms. The third-order valence-electron chi connectivity index (χ3n) is 5.56. The van der Waals surface area contributed by atoms with Crippen molar-refractivity contribution in [2.75, 3.05) is 0 Å². The van der Waals surface area contributed by atoms with Crippen molar-refractivity contribution in [2.24, 2.45) is 4.99 Å². The Balaban J connectivity index is 1.41. The summed E-state index contributed by atoms with van der Waals surface area (Å²) in [4.78, 5) is 28.9. The van der Waals surface area contributed by atoms with Crippen LogP contribution in [0, 0.1) is 0 Å². The van der Waals surface area contributed by atoms with E-state index >= 15 is 0 Å². The number of nitrogens with one attached hydrogen (secondary N) is 1. The van der Waals surface area contributed by atoms with Crippen LogP contribution in [0.25, 0.3) is 6.08 Å². The van der Waals surface area contributed by atoms with Crippen LogP contribution < -0.4 is 5.32 Å². The second kappa shape index (κ2) is 9.03. The number of allylic oxidation sites excluding steroid dienone is 2. The Hall–Kier alpha value is -2.95. The van der Waals surface area contributed by atoms with Gasteiger partial charge in [-0.2, -0.15) is 0 Å². The summed E-state index contributed by atoms with van der Waals surface area (Å²) in [6.07, 6.45) is 17.0. The number of nitrogens with zero attached hydrogens (tertiary/aromatic N) is 1. The molecule has 4 rings (SSSR count). The van der Waals surface area contributed by atoms with Crippen molar-refractivity contribution < 1.29 is 14.3 Å². The van der Waals surface area contributed by atoms with E-state index in [9.17, 15) is 9.59 Å². The Morgan fingerprint density at radius 1 is 1.03 bits per heavy atom. The predicted octanol–water partition coefficient (Wildman–Crippen LogP) is 4.36. The first-order valence-corrected chi connectivity index (χ1v) is 10.5. The third-order valence-corrected chi connectivity index (χ3v) is 5.56. The van der Waals surface area contributed by atoms with Crippen LogP contribution in [0.2, 0.25) is 0 Å². The van der Waals surface area contributed by atoms with Crippen LogP contribution in [-0.4, -0.2) is 29.7 Å². The van der Waals surface area contributed by atoms with E-state index in [1.807, 2.05) is 30.4 Å². The average molecular weight is 390 g/mol. The van der Waals surface area contributed by atoms with Crippen LogP contribution in [0.5, 0.6) is 0 Å². The number of carbonyl (C=O) groups is 2. The highest BCUT2D eigenvalue weighted by Crippen LogP contribution is 2.21. The molecule has 0 saturated heterocycles. The highest BCUT2D eigenvalue weighted by Gasteiger charge is 2.26. The maximum Gasteiger partial charge on any atom is 0.312 e. The summed E-state index contributed by atoms with van der Waals surface area (Å²) >= 11 is 0. The zero-order valence-electron chi connectivity index (χ0n) is 16.5. The van der Waals surface area contributed by atoms with Gasteiger partial charge in [-0.15, -0.1) is 0 Å². The molecule has 1 fully saturated rings. The Morgan fingerprint density at radius 3 is 2.52 bits per heavy atom. The molecule has 1 atom stereocenters. The van der Waals surface area contributed by atoms with Crippen LogP contribution in [0.4, 0.5) is 0 Å². The number of benzene rings is 1. The maximum atomic E-state index is 12.6. The molecule has 1 unspecified atom stereocenters. The molecule has 0 radical (unpaired) electrons. The van der Waals surface area contributed by atoms with Crippen LogP contribution in [-0.2, 0) is 9.53 Å². The Morgan fingerprint density at radius 2 is 1.76 bits per heavy atom. The maximum absolute atomic E-state index is 12.6. The van der Waals surface area contributed by atoms with Crippen molar-refractivity contribution in [1.82, 2.24) is 5.32 Å². The summed E-state index contributed by atoms with van der Waals surface area (Å²) in [7, 11) is 0. The highest BCUT2D eigenvalue weighted by atomic mass is 16.5. The number of carbonyl (C=O) groups excluding carboxylic acids is 2. The molecule has 29 heavy (non-hydrogen) atoms. The van der Waals surface area contributed by atoms with E-state index in [2.05, 4.69) is 10.3 Å². The van der Waals surface area contributed by atoms with Gasteiger partial charge in [-0.25, -0.2) is 4.99 Å². The van der Waals surface area contributed by atoms with Crippen LogP contribution in [0.1, 0.15) is 60.9 Å². The van der Waals surface area contributed by atoms with Gasteiger partial charge in [0.05, 0.1) is 5.71 Å². The molecular weight excluding hydrogens is 364 g/mol. The summed E-state index contributed by atoms with van der Waals surface area (Å²) < 4.78 is 5.77. The first-order chi connectivity index (χ1) is 14.2. The van der Waals surface area contributed by atoms with Gasteiger partial charge in [0, 0.05) is 11.6 Å². The fourth-order valence-corrected chi connectivity index (χ4v) is 3.92. The van der Waals surface area contributed by atoms with Crippen LogP contribution >= 0.6 is 0 Å². The molecule has 1 aromatic carbocycles. The van der Waals surface area contributed by atoms with E-state index in [1.165, 1.54) is 32.1 Å². The fraction of sp³-hybridized carbons (Fsp3) is 0.375. The SMILES string of the molecule is O=C1N=C2C=CC=CC2O/C1=C\c1ccc(C(=O)NC2CCCCCCC2)cc1. The van der Waals surface area contributed by atoms with Gasteiger partial charge < -0.3 is 10.1 Å². The van der Waals surface area contributed by atoms with Gasteiger partial charge in [-0.05, 0) is 48.8 Å². The minimum Gasteiger partial charge on any atom is -0.474 e. The Labute approximate surface area is 171 Å². The van der Waals surface area contributed by atoms with Gasteiger partial charge in [-0.3, -0.25) is 9.59 Å². The van der Waals surface area contributed by atoms with Crippen molar-refractivity contribution in [2.45, 2.75) is 57.1 Å². The molecule has 1 saturated carbocycles. The highest BCUT2D eigenvalue weighted by molar-refractivity contribution is 6.13. The van der Waals surface area contributed by atoms with Gasteiger partial charge >= 0.3 is 5.91 Å². The van der Waals surface area contributed by atoms with Crippen molar-refractivity contribution in [3.8, 4) is 0 Å². The van der Waals surface area contributed by atoms with Crippen LogP contribution in [0.3, 0.4) is 0 Å². The number of aliphatic imine (C=N–C) groups is 1. The standard InChI is InChI=1S/C24H26N2O3/c27-23(25-19-8-4-2-1-3-5-9-19)18-14-12-17(13-15-18)16-22-24(28)26-20-10-6-7-11-21(20)29-22/h6-7,10-16,19,21H,1-5,8-9H2,(H,25,27)/b22-16-. The molecule has 5 heteroatoms. The first kappa shape index (κ1) is 19.4. The van der Waals surface area contributed by atoms with E-state index in [0.717, 1.165) is 18.4 Å². The number of rotatable bonds is 3. The summed E-state index contributed by atoms with van der Waals surface area (Å²) in [5, 5.41) is 3.18. The number of fused-ring (bicyclic) bond motifs is 1. The normalized spacial score (nSPS) is 23.6. The van der Waals surface area contributed by atoms with Gasteiger partial charge in [0.1, 0.15) is 0 Å². The monoisotopic (exact) mass is 390 g/mol. The smallest absolute Gasteiger partial charge is 0.312 e. The second-order valence-electron chi connectivity index (χ2n) is 7.77. The lowest BCUT2D eigenvalue weighted by Gasteiger charge is -2.22. The summed E-state index contributed by atoms with van der Waals surface area (Å²) in [6.45, 7) is 0. The van der Waals surface area contributed by atoms with Gasteiger partial charge in [0.25, 0.3) is 5.91 Å². The number of amides is 2. The minimum absolute atomic E-state index is 0.0341. The van der Waals surface area contributed by atoms with E-state index < -0.39 is 0 Å². The largest absolute Gasteiger partial charge is 0.474 e. The van der Waals surface area contributed by atoms with Gasteiger partial charge in [0.15, 0.2) is 11.9 Å². The van der Waals surface area contributed by atoms with Crippen molar-refractivity contribution in [1.29, 1.82) is 0 Å². The van der Waals surface area contributed by atoms with Crippen molar-refractivity contribution in [3.63, 3.8) is 0 Å². The summed E-state index contributed by atoms with van der Waals surface area (Å²) in [5.74, 6) is -0.208. The minimum atomic E-state index is -0.387. The van der Waals surface area contributed by atoms with Crippen LogP contribution in [0.15, 0.2) is 59.3 Å². The topological polar surface area (TPSA) is 67.8 Å². The zero-order valence-corrected chi connectivity index (χ0v) is 16.5. The molecule has 1 aliphatic heterocycles. The fourth-order valence-electron chi connectivity index (χ4n) is 3.92. The Bertz CT molecular complexity index is 885. The molecule has 2 aliphatic carbocycles. The third kappa shape index (κ3) is 4.91.